The molecule has 2 unspecified atom stereocenters. The van der Waals surface area contributed by atoms with Gasteiger partial charge in [-0.05, 0) is 49.9 Å². The van der Waals surface area contributed by atoms with E-state index >= 15 is 0 Å². The highest BCUT2D eigenvalue weighted by atomic mass is 35.5. The highest BCUT2D eigenvalue weighted by Crippen LogP contribution is 2.29. The Kier molecular flexibility index (Phi) is 5.11. The first-order valence-electron chi connectivity index (χ1n) is 9.43. The number of pyridine rings is 1. The number of hydrogen-bond donors (Lipinski definition) is 2. The van der Waals surface area contributed by atoms with Gasteiger partial charge in [0.2, 0.25) is 0 Å². The van der Waals surface area contributed by atoms with Gasteiger partial charge in [-0.3, -0.25) is 9.88 Å². The Hall–Kier alpha value is -1.36. The molecule has 2 N–H and O–H groups in total. The average molecular weight is 360 g/mol. The molecule has 25 heavy (non-hydrogen) atoms. The van der Waals surface area contributed by atoms with Crippen LogP contribution in [0.5, 0.6) is 0 Å². The first-order chi connectivity index (χ1) is 12.2. The molecular weight excluding hydrogens is 334 g/mol. The number of fused-ring (bicyclic) bond motifs is 1. The van der Waals surface area contributed by atoms with E-state index in [2.05, 4.69) is 15.2 Å². The van der Waals surface area contributed by atoms with Crippen molar-refractivity contribution in [3.8, 4) is 0 Å². The Morgan fingerprint density at radius 1 is 1.08 bits per heavy atom. The summed E-state index contributed by atoms with van der Waals surface area (Å²) >= 11 is 6.17. The lowest BCUT2D eigenvalue weighted by Crippen LogP contribution is -2.50. The van der Waals surface area contributed by atoms with Gasteiger partial charge in [0, 0.05) is 47.5 Å². The Bertz CT molecular complexity index is 730. The lowest BCUT2D eigenvalue weighted by Gasteiger charge is -2.41. The van der Waals surface area contributed by atoms with Gasteiger partial charge in [0.1, 0.15) is 0 Å². The number of nitrogens with one attached hydrogen (secondary N) is 1. The van der Waals surface area contributed by atoms with Crippen molar-refractivity contribution in [3.63, 3.8) is 0 Å². The molecule has 1 aromatic carbocycles. The summed E-state index contributed by atoms with van der Waals surface area (Å²) in [6, 6.07) is 8.71. The second-order valence-electron chi connectivity index (χ2n) is 7.39. The van der Waals surface area contributed by atoms with E-state index in [0.717, 1.165) is 60.4 Å². The Morgan fingerprint density at radius 3 is 2.68 bits per heavy atom. The van der Waals surface area contributed by atoms with Crippen LogP contribution in [-0.2, 0) is 0 Å². The van der Waals surface area contributed by atoms with E-state index in [0.29, 0.717) is 12.1 Å². The van der Waals surface area contributed by atoms with Crippen molar-refractivity contribution >= 4 is 28.2 Å². The second kappa shape index (κ2) is 7.48. The minimum atomic E-state index is -0.135. The number of anilines is 1. The molecule has 1 aliphatic carbocycles. The van der Waals surface area contributed by atoms with Crippen LogP contribution in [0, 0.1) is 0 Å². The van der Waals surface area contributed by atoms with Gasteiger partial charge in [0.05, 0.1) is 11.6 Å². The minimum absolute atomic E-state index is 0.135. The number of piperidine rings is 1. The van der Waals surface area contributed by atoms with E-state index in [4.69, 9.17) is 11.6 Å². The van der Waals surface area contributed by atoms with Gasteiger partial charge in [0.25, 0.3) is 0 Å². The maximum atomic E-state index is 10.3. The fraction of sp³-hybridized carbons (Fsp3) is 0.550. The molecule has 0 radical (unpaired) electrons. The van der Waals surface area contributed by atoms with Crippen LogP contribution in [0.15, 0.2) is 30.5 Å². The van der Waals surface area contributed by atoms with Crippen molar-refractivity contribution in [1.29, 1.82) is 0 Å². The van der Waals surface area contributed by atoms with Crippen molar-refractivity contribution in [1.82, 2.24) is 9.88 Å². The molecule has 1 saturated carbocycles. The average Bonchev–Trinajstić information content (AvgIpc) is 2.63. The molecule has 134 valence electrons. The molecular formula is C20H26ClN3O. The molecule has 1 saturated heterocycles. The molecule has 1 aromatic heterocycles. The fourth-order valence-corrected chi connectivity index (χ4v) is 4.53. The highest BCUT2D eigenvalue weighted by Gasteiger charge is 2.31. The standard InChI is InChI=1S/C20H26ClN3O/c21-14-5-6-17-16(13-14)18(7-10-22-17)23-15-8-11-24(12-9-15)19-3-1-2-4-20(19)25/h5-7,10,13,15,19-20,25H,1-4,8-9,11-12H2,(H,22,23). The molecule has 1 aliphatic heterocycles. The van der Waals surface area contributed by atoms with Crippen LogP contribution in [0.25, 0.3) is 10.9 Å². The van der Waals surface area contributed by atoms with E-state index in [1.54, 1.807) is 0 Å². The maximum absolute atomic E-state index is 10.3. The number of rotatable bonds is 3. The molecule has 0 spiro atoms. The second-order valence-corrected chi connectivity index (χ2v) is 7.83. The first kappa shape index (κ1) is 17.1. The molecule has 0 bridgehead atoms. The zero-order chi connectivity index (χ0) is 17.2. The van der Waals surface area contributed by atoms with E-state index in [1.165, 1.54) is 12.8 Å². The van der Waals surface area contributed by atoms with Crippen molar-refractivity contribution in [3.05, 3.63) is 35.5 Å². The summed E-state index contributed by atoms with van der Waals surface area (Å²) < 4.78 is 0. The molecule has 2 atom stereocenters. The molecule has 2 fully saturated rings. The van der Waals surface area contributed by atoms with Crippen LogP contribution in [0.1, 0.15) is 38.5 Å². The third kappa shape index (κ3) is 3.76. The Labute approximate surface area is 154 Å². The number of aliphatic hydroxyl groups excluding tert-OH is 1. The van der Waals surface area contributed by atoms with Crippen LogP contribution in [-0.4, -0.2) is 46.3 Å². The first-order valence-corrected chi connectivity index (χ1v) is 9.81. The van der Waals surface area contributed by atoms with Gasteiger partial charge in [-0.2, -0.15) is 0 Å². The third-order valence-corrected chi connectivity index (χ3v) is 5.99. The lowest BCUT2D eigenvalue weighted by molar-refractivity contribution is 0.00994. The van der Waals surface area contributed by atoms with Crippen LogP contribution in [0.3, 0.4) is 0 Å². The summed E-state index contributed by atoms with van der Waals surface area (Å²) in [5.74, 6) is 0. The van der Waals surface area contributed by atoms with Gasteiger partial charge >= 0.3 is 0 Å². The van der Waals surface area contributed by atoms with Crippen LogP contribution < -0.4 is 5.32 Å². The van der Waals surface area contributed by atoms with Gasteiger partial charge in [-0.1, -0.05) is 24.4 Å². The van der Waals surface area contributed by atoms with Crippen molar-refractivity contribution in [2.45, 2.75) is 56.7 Å². The predicted molar refractivity (Wildman–Crippen MR) is 103 cm³/mol. The quantitative estimate of drug-likeness (QED) is 0.867. The molecule has 2 aromatic rings. The maximum Gasteiger partial charge on any atom is 0.0723 e. The fourth-order valence-electron chi connectivity index (χ4n) is 4.36. The van der Waals surface area contributed by atoms with Gasteiger partial charge in [-0.15, -0.1) is 0 Å². The predicted octanol–water partition coefficient (Wildman–Crippen LogP) is 4.07. The van der Waals surface area contributed by atoms with Gasteiger partial charge in [-0.25, -0.2) is 0 Å². The molecule has 5 heteroatoms. The lowest BCUT2D eigenvalue weighted by atomic mass is 9.89. The summed E-state index contributed by atoms with van der Waals surface area (Å²) in [6.07, 6.45) is 8.47. The number of hydrogen-bond acceptors (Lipinski definition) is 4. The number of aromatic nitrogens is 1. The number of benzene rings is 1. The van der Waals surface area contributed by atoms with Gasteiger partial charge in [0.15, 0.2) is 0 Å². The zero-order valence-corrected chi connectivity index (χ0v) is 15.3. The molecule has 4 rings (SSSR count). The number of likely N-dealkylation sites (tertiary alicyclic amines) is 1. The SMILES string of the molecule is OC1CCCCC1N1CCC(Nc2ccnc3ccc(Cl)cc23)CC1. The van der Waals surface area contributed by atoms with Crippen molar-refractivity contribution in [2.75, 3.05) is 18.4 Å². The van der Waals surface area contributed by atoms with Crippen LogP contribution in [0.4, 0.5) is 5.69 Å². The summed E-state index contributed by atoms with van der Waals surface area (Å²) in [5.41, 5.74) is 2.08. The summed E-state index contributed by atoms with van der Waals surface area (Å²) in [6.45, 7) is 2.12. The van der Waals surface area contributed by atoms with Crippen molar-refractivity contribution in [2.24, 2.45) is 0 Å². The monoisotopic (exact) mass is 359 g/mol. The van der Waals surface area contributed by atoms with Gasteiger partial charge < -0.3 is 10.4 Å². The zero-order valence-electron chi connectivity index (χ0n) is 14.5. The van der Waals surface area contributed by atoms with E-state index in [9.17, 15) is 5.11 Å². The number of aliphatic hydroxyl groups is 1. The Balaban J connectivity index is 1.41. The molecule has 4 nitrogen and oxygen atoms in total. The van der Waals surface area contributed by atoms with Crippen molar-refractivity contribution < 1.29 is 5.11 Å². The highest BCUT2D eigenvalue weighted by molar-refractivity contribution is 6.31. The summed E-state index contributed by atoms with van der Waals surface area (Å²) in [7, 11) is 0. The summed E-state index contributed by atoms with van der Waals surface area (Å²) in [5, 5.41) is 15.8. The smallest absolute Gasteiger partial charge is 0.0723 e. The number of halogens is 1. The van der Waals surface area contributed by atoms with Crippen LogP contribution in [0.2, 0.25) is 5.02 Å². The Morgan fingerprint density at radius 2 is 1.88 bits per heavy atom. The minimum Gasteiger partial charge on any atom is -0.391 e. The van der Waals surface area contributed by atoms with E-state index in [1.807, 2.05) is 30.5 Å². The largest absolute Gasteiger partial charge is 0.391 e. The van der Waals surface area contributed by atoms with E-state index < -0.39 is 0 Å². The van der Waals surface area contributed by atoms with Crippen LogP contribution >= 0.6 is 11.6 Å². The molecule has 0 amide bonds. The topological polar surface area (TPSA) is 48.4 Å². The third-order valence-electron chi connectivity index (χ3n) is 5.76. The summed E-state index contributed by atoms with van der Waals surface area (Å²) in [4.78, 5) is 6.93. The van der Waals surface area contributed by atoms with E-state index in [-0.39, 0.29) is 6.10 Å². The molecule has 2 heterocycles. The normalized spacial score (nSPS) is 26.0. The molecule has 2 aliphatic rings. The number of nitrogens with zero attached hydrogens (tertiary/aromatic N) is 2.